The smallest absolute Gasteiger partial charge is 0.203 e. The summed E-state index contributed by atoms with van der Waals surface area (Å²) in [5, 5.41) is 50.9. The lowest BCUT2D eigenvalue weighted by Crippen LogP contribution is -2.49. The molecule has 2 aromatic carbocycles. The lowest BCUT2D eigenvalue weighted by atomic mass is 9.93. The van der Waals surface area contributed by atoms with Crippen molar-refractivity contribution in [2.45, 2.75) is 31.1 Å². The van der Waals surface area contributed by atoms with E-state index in [1.54, 1.807) is 12.1 Å². The molecule has 220 valence electrons. The van der Waals surface area contributed by atoms with Crippen LogP contribution in [0.25, 0.3) is 0 Å². The van der Waals surface area contributed by atoms with Gasteiger partial charge in [-0.05, 0) is 67.5 Å². The second kappa shape index (κ2) is 13.1. The van der Waals surface area contributed by atoms with Crippen molar-refractivity contribution >= 4 is 17.3 Å². The van der Waals surface area contributed by atoms with Crippen molar-refractivity contribution in [1.82, 2.24) is 0 Å². The molecule has 0 bridgehead atoms. The Morgan fingerprint density at radius 3 is 2.20 bits per heavy atom. The van der Waals surface area contributed by atoms with Gasteiger partial charge in [0, 0.05) is 16.7 Å². The molecule has 0 amide bonds. The van der Waals surface area contributed by atoms with Gasteiger partial charge < -0.3 is 45.5 Å². The van der Waals surface area contributed by atoms with E-state index in [1.807, 2.05) is 0 Å². The van der Waals surface area contributed by atoms with Gasteiger partial charge in [-0.3, -0.25) is 14.4 Å². The van der Waals surface area contributed by atoms with Crippen LogP contribution in [0, 0.1) is 0 Å². The van der Waals surface area contributed by atoms with Crippen molar-refractivity contribution in [2.24, 2.45) is 5.73 Å². The molecule has 0 saturated heterocycles. The van der Waals surface area contributed by atoms with Gasteiger partial charge in [0.1, 0.15) is 5.75 Å². The van der Waals surface area contributed by atoms with Crippen molar-refractivity contribution < 1.29 is 54.1 Å². The SMILES string of the molecule is COc1ccc(C(=O)COc2c(O)cc(C(=O)C3=C(C)C(O)(OCCC(N)(CO)CO)CC(=O)C=C3)cc2O)cc1. The van der Waals surface area contributed by atoms with E-state index in [2.05, 4.69) is 0 Å². The number of aliphatic hydroxyl groups is 3. The first kappa shape index (κ1) is 31.5. The monoisotopic (exact) mass is 571 g/mol. The molecule has 1 unspecified atom stereocenters. The maximum atomic E-state index is 13.4. The fraction of sp³-hybridized carbons (Fsp3) is 0.345. The first-order valence-electron chi connectivity index (χ1n) is 12.6. The third-order valence-corrected chi connectivity index (χ3v) is 6.73. The first-order chi connectivity index (χ1) is 19.4. The van der Waals surface area contributed by atoms with E-state index in [0.717, 1.165) is 18.2 Å². The number of carbonyl (C=O) groups excluding carboxylic acids is 3. The highest BCUT2D eigenvalue weighted by Gasteiger charge is 2.38. The van der Waals surface area contributed by atoms with Gasteiger partial charge in [0.05, 0.1) is 38.9 Å². The molecule has 0 saturated carbocycles. The lowest BCUT2D eigenvalue weighted by molar-refractivity contribution is -0.183. The number of ketones is 3. The van der Waals surface area contributed by atoms with Crippen molar-refractivity contribution in [1.29, 1.82) is 0 Å². The predicted molar refractivity (Wildman–Crippen MR) is 145 cm³/mol. The van der Waals surface area contributed by atoms with E-state index in [9.17, 15) is 39.9 Å². The lowest BCUT2D eigenvalue weighted by Gasteiger charge is -2.31. The number of aromatic hydroxyl groups is 2. The van der Waals surface area contributed by atoms with Crippen LogP contribution in [0.1, 0.15) is 40.5 Å². The van der Waals surface area contributed by atoms with Crippen LogP contribution in [-0.4, -0.2) is 87.7 Å². The topological polar surface area (TPSA) is 206 Å². The second-order valence-corrected chi connectivity index (χ2v) is 9.69. The van der Waals surface area contributed by atoms with Crippen LogP contribution in [-0.2, 0) is 9.53 Å². The number of phenols is 2. The van der Waals surface area contributed by atoms with E-state index in [-0.39, 0.29) is 29.7 Å². The van der Waals surface area contributed by atoms with E-state index < -0.39 is 72.2 Å². The van der Waals surface area contributed by atoms with Crippen molar-refractivity contribution in [2.75, 3.05) is 33.5 Å². The van der Waals surface area contributed by atoms with Crippen LogP contribution in [0.5, 0.6) is 23.0 Å². The van der Waals surface area contributed by atoms with Gasteiger partial charge in [-0.2, -0.15) is 0 Å². The van der Waals surface area contributed by atoms with E-state index >= 15 is 0 Å². The minimum Gasteiger partial charge on any atom is -0.504 e. The Morgan fingerprint density at radius 2 is 1.63 bits per heavy atom. The Balaban J connectivity index is 1.81. The Labute approximate surface area is 235 Å². The molecule has 3 rings (SSSR count). The van der Waals surface area contributed by atoms with Gasteiger partial charge in [-0.25, -0.2) is 0 Å². The Hall–Kier alpha value is -4.07. The molecule has 12 nitrogen and oxygen atoms in total. The summed E-state index contributed by atoms with van der Waals surface area (Å²) in [4.78, 5) is 38.2. The Morgan fingerprint density at radius 1 is 1.02 bits per heavy atom. The molecule has 1 aliphatic carbocycles. The number of carbonyl (C=O) groups is 3. The molecule has 7 N–H and O–H groups in total. The average Bonchev–Trinajstić information content (AvgIpc) is 3.06. The number of benzene rings is 2. The minimum atomic E-state index is -2.22. The number of hydrogen-bond acceptors (Lipinski definition) is 12. The number of aliphatic hydroxyl groups excluding tert-OH is 2. The number of rotatable bonds is 13. The maximum absolute atomic E-state index is 13.4. The van der Waals surface area contributed by atoms with Crippen LogP contribution in [0.3, 0.4) is 0 Å². The highest BCUT2D eigenvalue weighted by Crippen LogP contribution is 2.39. The minimum absolute atomic E-state index is 0.0235. The normalized spacial score (nSPS) is 17.4. The third kappa shape index (κ3) is 7.37. The zero-order valence-electron chi connectivity index (χ0n) is 22.6. The number of methoxy groups -OCH3 is 1. The zero-order chi connectivity index (χ0) is 30.4. The number of Topliss-reactive ketones (excluding diaryl/α,β-unsaturated/α-hetero) is 2. The summed E-state index contributed by atoms with van der Waals surface area (Å²) in [5.41, 5.74) is 4.40. The number of nitrogens with two attached hydrogens (primary N) is 1. The van der Waals surface area contributed by atoms with Gasteiger partial charge in [-0.1, -0.05) is 0 Å². The molecule has 0 spiro atoms. The molecule has 2 aromatic rings. The predicted octanol–water partition coefficient (Wildman–Crippen LogP) is 1.17. The third-order valence-electron chi connectivity index (χ3n) is 6.73. The van der Waals surface area contributed by atoms with Gasteiger partial charge in [0.2, 0.25) is 5.75 Å². The fourth-order valence-corrected chi connectivity index (χ4v) is 4.01. The Kier molecular flexibility index (Phi) is 10.0. The maximum Gasteiger partial charge on any atom is 0.203 e. The van der Waals surface area contributed by atoms with Crippen LogP contribution in [0.4, 0.5) is 0 Å². The largest absolute Gasteiger partial charge is 0.504 e. The molecule has 1 aliphatic rings. The molecule has 1 atom stereocenters. The van der Waals surface area contributed by atoms with Gasteiger partial charge in [-0.15, -0.1) is 0 Å². The molecule has 12 heteroatoms. The van der Waals surface area contributed by atoms with Crippen molar-refractivity contribution in [3.8, 4) is 23.0 Å². The average molecular weight is 572 g/mol. The summed E-state index contributed by atoms with van der Waals surface area (Å²) in [6.45, 7) is -0.495. The van der Waals surface area contributed by atoms with Gasteiger partial charge in [0.15, 0.2) is 41.2 Å². The molecular formula is C29H33NO11. The summed E-state index contributed by atoms with van der Waals surface area (Å²) >= 11 is 0. The molecule has 41 heavy (non-hydrogen) atoms. The highest BCUT2D eigenvalue weighted by atomic mass is 16.6. The number of ether oxygens (including phenoxy) is 3. The van der Waals surface area contributed by atoms with Gasteiger partial charge >= 0.3 is 0 Å². The van der Waals surface area contributed by atoms with Crippen LogP contribution in [0.15, 0.2) is 59.7 Å². The molecule has 0 aromatic heterocycles. The number of hydrogen-bond donors (Lipinski definition) is 6. The van der Waals surface area contributed by atoms with Crippen molar-refractivity contribution in [3.05, 3.63) is 70.8 Å². The zero-order valence-corrected chi connectivity index (χ0v) is 22.6. The molecule has 0 heterocycles. The summed E-state index contributed by atoms with van der Waals surface area (Å²) in [7, 11) is 1.49. The standard InChI is InChI=1S/C29H33NO11/c1-17-22(8-5-20(33)13-29(17,38)41-10-9-28(30,15-31)16-32)26(37)19-11-23(34)27(24(35)12-19)40-14-25(36)18-3-6-21(39-2)7-4-18/h3-8,11-12,31-32,34-35,38H,9-10,13-16,30H2,1-2H3. The summed E-state index contributed by atoms with van der Waals surface area (Å²) in [6, 6.07) is 8.28. The summed E-state index contributed by atoms with van der Waals surface area (Å²) in [5.74, 6) is -5.07. The quantitative estimate of drug-likeness (QED) is 0.148. The van der Waals surface area contributed by atoms with E-state index in [4.69, 9.17) is 19.9 Å². The second-order valence-electron chi connectivity index (χ2n) is 9.69. The first-order valence-corrected chi connectivity index (χ1v) is 12.6. The molecular weight excluding hydrogens is 538 g/mol. The summed E-state index contributed by atoms with van der Waals surface area (Å²) < 4.78 is 15.9. The number of phenolic OH excluding ortho intramolecular Hbond substituents is 2. The highest BCUT2D eigenvalue weighted by molar-refractivity contribution is 6.13. The fourth-order valence-electron chi connectivity index (χ4n) is 4.01. The van der Waals surface area contributed by atoms with Crippen LogP contribution < -0.4 is 15.2 Å². The number of allylic oxidation sites excluding steroid dienone is 3. The molecule has 0 aliphatic heterocycles. The Bertz CT molecular complexity index is 1340. The van der Waals surface area contributed by atoms with E-state index in [0.29, 0.717) is 11.3 Å². The van der Waals surface area contributed by atoms with Gasteiger partial charge in [0.25, 0.3) is 0 Å². The van der Waals surface area contributed by atoms with Crippen molar-refractivity contribution in [3.63, 3.8) is 0 Å². The van der Waals surface area contributed by atoms with E-state index in [1.165, 1.54) is 32.2 Å². The molecule has 0 fully saturated rings. The summed E-state index contributed by atoms with van der Waals surface area (Å²) in [6.07, 6.45) is 1.70. The van der Waals surface area contributed by atoms with Crippen LogP contribution in [0.2, 0.25) is 0 Å². The molecule has 0 radical (unpaired) electrons. The van der Waals surface area contributed by atoms with Crippen LogP contribution >= 0.6 is 0 Å².